The molecule has 0 fully saturated rings. The van der Waals surface area contributed by atoms with Crippen LogP contribution in [-0.4, -0.2) is 52.5 Å². The van der Waals surface area contributed by atoms with Crippen molar-refractivity contribution >= 4 is 0 Å². The molecule has 0 spiro atoms. The first-order chi connectivity index (χ1) is 4.74. The van der Waals surface area contributed by atoms with Gasteiger partial charge in [-0.25, -0.2) is 0 Å². The number of nitrogens with one attached hydrogen (secondary N) is 1. The molecule has 62 valence electrons. The molecule has 0 aliphatic carbocycles. The van der Waals surface area contributed by atoms with E-state index in [1.165, 1.54) is 0 Å². The molecule has 0 rings (SSSR count). The second kappa shape index (κ2) is 4.59. The van der Waals surface area contributed by atoms with Crippen molar-refractivity contribution in [3.8, 4) is 0 Å². The molecule has 0 unspecified atom stereocenters. The summed E-state index contributed by atoms with van der Waals surface area (Å²) in [5, 5.41) is 36.5. The molecular weight excluding hydrogens is 138 g/mol. The van der Waals surface area contributed by atoms with Crippen molar-refractivity contribution in [3.05, 3.63) is 0 Å². The van der Waals surface area contributed by atoms with E-state index < -0.39 is 25.4 Å². The fourth-order valence-electron chi connectivity index (χ4n) is 0.485. The third kappa shape index (κ3) is 2.20. The highest BCUT2D eigenvalue weighted by Crippen LogP contribution is 1.99. The highest BCUT2D eigenvalue weighted by atomic mass is 16.3. The van der Waals surface area contributed by atoms with Crippen molar-refractivity contribution in [2.45, 2.75) is 5.54 Å². The van der Waals surface area contributed by atoms with Crippen LogP contribution in [0.1, 0.15) is 0 Å². The molecule has 0 saturated heterocycles. The summed E-state index contributed by atoms with van der Waals surface area (Å²) in [7, 11) is 0. The minimum Gasteiger partial charge on any atom is -0.394 e. The average Bonchev–Trinajstić information content (AvgIpc) is 2.01. The highest BCUT2D eigenvalue weighted by molar-refractivity contribution is 4.84. The van der Waals surface area contributed by atoms with Crippen molar-refractivity contribution in [1.29, 1.82) is 0 Å². The average molecular weight is 151 g/mol. The van der Waals surface area contributed by atoms with Gasteiger partial charge in [0.05, 0.1) is 32.1 Å². The molecule has 5 N–H and O–H groups in total. The van der Waals surface area contributed by atoms with Crippen molar-refractivity contribution in [2.75, 3.05) is 26.6 Å². The van der Waals surface area contributed by atoms with E-state index in [2.05, 4.69) is 5.32 Å². The largest absolute Gasteiger partial charge is 0.394 e. The smallest absolute Gasteiger partial charge is 0.0937 e. The molecule has 10 heavy (non-hydrogen) atoms. The summed E-state index contributed by atoms with van der Waals surface area (Å²) in [5.41, 5.74) is -1.16. The molecular formula is C5H13NO4. The van der Waals surface area contributed by atoms with Crippen LogP contribution in [0.25, 0.3) is 0 Å². The van der Waals surface area contributed by atoms with Crippen LogP contribution in [0.4, 0.5) is 0 Å². The lowest BCUT2D eigenvalue weighted by Crippen LogP contribution is -2.55. The maximum absolute atomic E-state index is 8.61. The second-order valence-corrected chi connectivity index (χ2v) is 2.09. The zero-order valence-corrected chi connectivity index (χ0v) is 5.62. The van der Waals surface area contributed by atoms with Crippen LogP contribution in [0, 0.1) is 0 Å². The summed E-state index contributed by atoms with van der Waals surface area (Å²) in [5.74, 6) is 0. The lowest BCUT2D eigenvalue weighted by molar-refractivity contribution is 0.0248. The predicted molar refractivity (Wildman–Crippen MR) is 34.2 cm³/mol. The Morgan fingerprint density at radius 1 is 0.900 bits per heavy atom. The Labute approximate surface area is 58.9 Å². The first-order valence-electron chi connectivity index (χ1n) is 2.93. The van der Waals surface area contributed by atoms with Gasteiger partial charge in [-0.3, -0.25) is 5.32 Å². The summed E-state index contributed by atoms with van der Waals surface area (Å²) < 4.78 is 0. The minimum atomic E-state index is -1.16. The van der Waals surface area contributed by atoms with Crippen molar-refractivity contribution in [3.63, 3.8) is 0 Å². The Morgan fingerprint density at radius 3 is 1.40 bits per heavy atom. The third-order valence-electron chi connectivity index (χ3n) is 1.36. The molecule has 0 radical (unpaired) electrons. The molecule has 5 heteroatoms. The first-order valence-corrected chi connectivity index (χ1v) is 2.93. The zero-order valence-electron chi connectivity index (χ0n) is 5.62. The van der Waals surface area contributed by atoms with E-state index in [-0.39, 0.29) is 6.73 Å². The van der Waals surface area contributed by atoms with E-state index in [1.54, 1.807) is 0 Å². The monoisotopic (exact) mass is 151 g/mol. The van der Waals surface area contributed by atoms with Crippen LogP contribution in [0.15, 0.2) is 0 Å². The molecule has 0 aliphatic rings. The maximum atomic E-state index is 8.61. The van der Waals surface area contributed by atoms with E-state index in [4.69, 9.17) is 20.4 Å². The van der Waals surface area contributed by atoms with Crippen LogP contribution in [0.3, 0.4) is 0 Å². The molecule has 0 bridgehead atoms. The Balaban J connectivity index is 3.87. The lowest BCUT2D eigenvalue weighted by atomic mass is 10.0. The summed E-state index contributed by atoms with van der Waals surface area (Å²) in [6.07, 6.45) is 0. The number of hydrogen-bond donors (Lipinski definition) is 5. The Morgan fingerprint density at radius 2 is 1.30 bits per heavy atom. The van der Waals surface area contributed by atoms with Gasteiger partial charge in [-0.2, -0.15) is 0 Å². The standard InChI is InChI=1S/C5H13NO4/c7-1-5(2-8,3-9)6-4-10/h6-10H,1-4H2. The predicted octanol–water partition coefficient (Wildman–Crippen LogP) is -2.76. The SMILES string of the molecule is OCNC(CO)(CO)CO. The minimum absolute atomic E-state index is 0.387. The van der Waals surface area contributed by atoms with Gasteiger partial charge in [-0.1, -0.05) is 0 Å². The van der Waals surface area contributed by atoms with Gasteiger partial charge >= 0.3 is 0 Å². The van der Waals surface area contributed by atoms with E-state index in [9.17, 15) is 0 Å². The molecule has 0 atom stereocenters. The molecule has 0 heterocycles. The molecule has 0 aromatic heterocycles. The molecule has 0 aromatic carbocycles. The van der Waals surface area contributed by atoms with Gasteiger partial charge in [-0.15, -0.1) is 0 Å². The van der Waals surface area contributed by atoms with Gasteiger partial charge < -0.3 is 20.4 Å². The molecule has 5 nitrogen and oxygen atoms in total. The Hall–Kier alpha value is -0.200. The van der Waals surface area contributed by atoms with Gasteiger partial charge in [0.2, 0.25) is 0 Å². The molecule has 0 saturated carbocycles. The third-order valence-corrected chi connectivity index (χ3v) is 1.36. The van der Waals surface area contributed by atoms with Crippen LogP contribution >= 0.6 is 0 Å². The molecule has 0 aliphatic heterocycles. The van der Waals surface area contributed by atoms with Gasteiger partial charge in [0.15, 0.2) is 0 Å². The van der Waals surface area contributed by atoms with Gasteiger partial charge in [-0.05, 0) is 0 Å². The fraction of sp³-hybridized carbons (Fsp3) is 1.00. The number of aliphatic hydroxyl groups excluding tert-OH is 4. The van der Waals surface area contributed by atoms with Crippen molar-refractivity contribution < 1.29 is 20.4 Å². The summed E-state index contributed by atoms with van der Waals surface area (Å²) in [6, 6.07) is 0. The zero-order chi connectivity index (χ0) is 8.04. The number of rotatable bonds is 5. The van der Waals surface area contributed by atoms with Crippen molar-refractivity contribution in [1.82, 2.24) is 5.32 Å². The normalized spacial score (nSPS) is 12.0. The maximum Gasteiger partial charge on any atom is 0.0937 e. The Bertz CT molecular complexity index is 75.5. The van der Waals surface area contributed by atoms with Crippen LogP contribution in [0.5, 0.6) is 0 Å². The topological polar surface area (TPSA) is 93.0 Å². The highest BCUT2D eigenvalue weighted by Gasteiger charge is 2.26. The summed E-state index contributed by atoms with van der Waals surface area (Å²) in [4.78, 5) is 0. The fourth-order valence-corrected chi connectivity index (χ4v) is 0.485. The summed E-state index contributed by atoms with van der Waals surface area (Å²) in [6.45, 7) is -1.64. The Kier molecular flexibility index (Phi) is 4.50. The van der Waals surface area contributed by atoms with Crippen molar-refractivity contribution in [2.24, 2.45) is 0 Å². The van der Waals surface area contributed by atoms with Crippen LogP contribution in [-0.2, 0) is 0 Å². The lowest BCUT2D eigenvalue weighted by Gasteiger charge is -2.27. The van der Waals surface area contributed by atoms with Crippen LogP contribution in [0.2, 0.25) is 0 Å². The summed E-state index contributed by atoms with van der Waals surface area (Å²) >= 11 is 0. The quantitative estimate of drug-likeness (QED) is 0.274. The molecule has 0 aromatic rings. The van der Waals surface area contributed by atoms with Crippen LogP contribution < -0.4 is 5.32 Å². The first kappa shape index (κ1) is 9.80. The van der Waals surface area contributed by atoms with E-state index in [1.807, 2.05) is 0 Å². The van der Waals surface area contributed by atoms with Gasteiger partial charge in [0.1, 0.15) is 0 Å². The van der Waals surface area contributed by atoms with E-state index in [0.29, 0.717) is 0 Å². The number of hydrogen-bond acceptors (Lipinski definition) is 5. The molecule has 0 amide bonds. The number of aliphatic hydroxyl groups is 4. The van der Waals surface area contributed by atoms with E-state index >= 15 is 0 Å². The van der Waals surface area contributed by atoms with Gasteiger partial charge in [0, 0.05) is 0 Å². The van der Waals surface area contributed by atoms with E-state index in [0.717, 1.165) is 0 Å². The van der Waals surface area contributed by atoms with Gasteiger partial charge in [0.25, 0.3) is 0 Å². The second-order valence-electron chi connectivity index (χ2n) is 2.09.